The molecule has 0 radical (unpaired) electrons. The summed E-state index contributed by atoms with van der Waals surface area (Å²) in [6.45, 7) is 6.39. The third-order valence-electron chi connectivity index (χ3n) is 9.63. The van der Waals surface area contributed by atoms with Crippen LogP contribution in [0.3, 0.4) is 0 Å². The van der Waals surface area contributed by atoms with E-state index < -0.39 is 6.10 Å². The Bertz CT molecular complexity index is 1160. The molecule has 0 amide bonds. The van der Waals surface area contributed by atoms with Crippen LogP contribution in [0.2, 0.25) is 0 Å². The molecule has 6 heteroatoms. The van der Waals surface area contributed by atoms with Gasteiger partial charge in [0.15, 0.2) is 6.10 Å². The summed E-state index contributed by atoms with van der Waals surface area (Å²) < 4.78 is 16.6. The fourth-order valence-electron chi connectivity index (χ4n) is 6.08. The van der Waals surface area contributed by atoms with E-state index in [-0.39, 0.29) is 37.5 Å². The summed E-state index contributed by atoms with van der Waals surface area (Å²) in [6, 6.07) is 0. The fourth-order valence-corrected chi connectivity index (χ4v) is 6.08. The standard InChI is InChI=1S/C52H86O6/c1-4-7-10-13-16-19-22-24-26-28-30-33-36-39-42-45-51(54)57-48-49(47-56-50(53)44-41-38-35-32-21-18-15-12-9-6-3)58-52(55)46-43-40-37-34-31-29-27-25-23-20-17-14-11-8-5-2/h7,10,16-17,19-20,24-27,30-31,33-34,49H,4-6,8-9,11-15,18,21-23,28-29,32,35-48H2,1-3H3/b10-7-,19-16-,20-17-,26-24-,27-25-,33-30-,34-31-/t49-/m1/s1. The Morgan fingerprint density at radius 1 is 0.362 bits per heavy atom. The highest BCUT2D eigenvalue weighted by Crippen LogP contribution is 2.13. The molecule has 0 saturated heterocycles. The summed E-state index contributed by atoms with van der Waals surface area (Å²) in [5, 5.41) is 0. The van der Waals surface area contributed by atoms with Gasteiger partial charge >= 0.3 is 17.9 Å². The third-order valence-corrected chi connectivity index (χ3v) is 9.63. The molecule has 0 saturated carbocycles. The van der Waals surface area contributed by atoms with Crippen molar-refractivity contribution in [2.75, 3.05) is 13.2 Å². The predicted octanol–water partition coefficient (Wildman–Crippen LogP) is 15.3. The molecule has 0 aromatic heterocycles. The van der Waals surface area contributed by atoms with Crippen molar-refractivity contribution in [1.29, 1.82) is 0 Å². The van der Waals surface area contributed by atoms with Gasteiger partial charge in [-0.05, 0) is 96.3 Å². The second-order valence-electron chi connectivity index (χ2n) is 15.3. The van der Waals surface area contributed by atoms with Gasteiger partial charge in [-0.15, -0.1) is 0 Å². The van der Waals surface area contributed by atoms with Gasteiger partial charge < -0.3 is 14.2 Å². The van der Waals surface area contributed by atoms with Crippen LogP contribution in [0.4, 0.5) is 0 Å². The minimum absolute atomic E-state index is 0.105. The van der Waals surface area contributed by atoms with Crippen LogP contribution in [0.15, 0.2) is 85.1 Å². The molecular weight excluding hydrogens is 721 g/mol. The molecule has 0 aliphatic heterocycles. The number of ether oxygens (including phenoxy) is 3. The van der Waals surface area contributed by atoms with Crippen molar-refractivity contribution < 1.29 is 28.6 Å². The van der Waals surface area contributed by atoms with E-state index >= 15 is 0 Å². The van der Waals surface area contributed by atoms with Crippen LogP contribution in [0.25, 0.3) is 0 Å². The van der Waals surface area contributed by atoms with Gasteiger partial charge in [0.25, 0.3) is 0 Å². The first-order chi connectivity index (χ1) is 28.5. The van der Waals surface area contributed by atoms with Crippen molar-refractivity contribution in [2.45, 2.75) is 213 Å². The highest BCUT2D eigenvalue weighted by molar-refractivity contribution is 5.71. The van der Waals surface area contributed by atoms with Crippen molar-refractivity contribution in [1.82, 2.24) is 0 Å². The largest absolute Gasteiger partial charge is 0.462 e. The molecule has 0 aromatic carbocycles. The molecule has 0 rings (SSSR count). The number of carbonyl (C=O) groups excluding carboxylic acids is 3. The summed E-state index contributed by atoms with van der Waals surface area (Å²) in [5.74, 6) is -0.994. The average Bonchev–Trinajstić information content (AvgIpc) is 3.22. The van der Waals surface area contributed by atoms with E-state index in [0.29, 0.717) is 19.3 Å². The Morgan fingerprint density at radius 2 is 0.672 bits per heavy atom. The number of hydrogen-bond acceptors (Lipinski definition) is 6. The Balaban J connectivity index is 4.52. The third kappa shape index (κ3) is 43.7. The topological polar surface area (TPSA) is 78.9 Å². The van der Waals surface area contributed by atoms with Crippen LogP contribution in [0, 0.1) is 0 Å². The van der Waals surface area contributed by atoms with E-state index in [2.05, 4.69) is 106 Å². The van der Waals surface area contributed by atoms with Crippen molar-refractivity contribution >= 4 is 17.9 Å². The maximum absolute atomic E-state index is 12.7. The van der Waals surface area contributed by atoms with Crippen molar-refractivity contribution in [3.05, 3.63) is 85.1 Å². The lowest BCUT2D eigenvalue weighted by Gasteiger charge is -2.18. The van der Waals surface area contributed by atoms with Gasteiger partial charge in [-0.2, -0.15) is 0 Å². The van der Waals surface area contributed by atoms with E-state index in [0.717, 1.165) is 89.9 Å². The van der Waals surface area contributed by atoms with Gasteiger partial charge in [0.2, 0.25) is 0 Å². The van der Waals surface area contributed by atoms with Crippen LogP contribution in [0.1, 0.15) is 207 Å². The minimum Gasteiger partial charge on any atom is -0.462 e. The Kier molecular flexibility index (Phi) is 43.6. The molecule has 6 nitrogen and oxygen atoms in total. The zero-order chi connectivity index (χ0) is 42.3. The summed E-state index contributed by atoms with van der Waals surface area (Å²) in [5.41, 5.74) is 0. The quantitative estimate of drug-likeness (QED) is 0.0265. The summed E-state index contributed by atoms with van der Waals surface area (Å²) >= 11 is 0. The second-order valence-corrected chi connectivity index (χ2v) is 15.3. The van der Waals surface area contributed by atoms with E-state index in [4.69, 9.17) is 14.2 Å². The van der Waals surface area contributed by atoms with Crippen molar-refractivity contribution in [3.8, 4) is 0 Å². The number of rotatable bonds is 41. The van der Waals surface area contributed by atoms with E-state index in [1.807, 2.05) is 0 Å². The zero-order valence-electron chi connectivity index (χ0n) is 37.5. The highest BCUT2D eigenvalue weighted by atomic mass is 16.6. The van der Waals surface area contributed by atoms with Crippen LogP contribution < -0.4 is 0 Å². The molecule has 0 unspecified atom stereocenters. The number of unbranched alkanes of at least 4 members (excludes halogenated alkanes) is 16. The maximum Gasteiger partial charge on any atom is 0.306 e. The fraction of sp³-hybridized carbons (Fsp3) is 0.673. The summed E-state index contributed by atoms with van der Waals surface area (Å²) in [7, 11) is 0. The molecule has 0 fully saturated rings. The number of allylic oxidation sites excluding steroid dienone is 14. The minimum atomic E-state index is -0.810. The summed E-state index contributed by atoms with van der Waals surface area (Å²) in [6.07, 6.45) is 58.5. The van der Waals surface area contributed by atoms with Gasteiger partial charge in [-0.1, -0.05) is 176 Å². The van der Waals surface area contributed by atoms with Gasteiger partial charge in [0.1, 0.15) is 13.2 Å². The van der Waals surface area contributed by atoms with Crippen LogP contribution >= 0.6 is 0 Å². The Labute approximate surface area is 356 Å². The van der Waals surface area contributed by atoms with Crippen LogP contribution in [-0.2, 0) is 28.6 Å². The lowest BCUT2D eigenvalue weighted by Crippen LogP contribution is -2.30. The normalized spacial score (nSPS) is 12.8. The maximum atomic E-state index is 12.7. The monoisotopic (exact) mass is 807 g/mol. The first-order valence-corrected chi connectivity index (χ1v) is 23.6. The van der Waals surface area contributed by atoms with E-state index in [9.17, 15) is 14.4 Å². The molecule has 0 N–H and O–H groups in total. The van der Waals surface area contributed by atoms with Crippen LogP contribution in [0.5, 0.6) is 0 Å². The second kappa shape index (κ2) is 46.3. The molecule has 0 heterocycles. The van der Waals surface area contributed by atoms with Crippen molar-refractivity contribution in [2.24, 2.45) is 0 Å². The average molecular weight is 807 g/mol. The number of esters is 3. The molecule has 330 valence electrons. The number of carbonyl (C=O) groups is 3. The lowest BCUT2D eigenvalue weighted by molar-refractivity contribution is -0.167. The molecule has 1 atom stereocenters. The summed E-state index contributed by atoms with van der Waals surface area (Å²) in [4.78, 5) is 37.8. The van der Waals surface area contributed by atoms with Gasteiger partial charge in [-0.25, -0.2) is 0 Å². The van der Waals surface area contributed by atoms with Crippen molar-refractivity contribution in [3.63, 3.8) is 0 Å². The Morgan fingerprint density at radius 3 is 1.09 bits per heavy atom. The first kappa shape index (κ1) is 54.6. The van der Waals surface area contributed by atoms with Gasteiger partial charge in [0, 0.05) is 19.3 Å². The van der Waals surface area contributed by atoms with E-state index in [1.165, 1.54) is 70.6 Å². The smallest absolute Gasteiger partial charge is 0.306 e. The molecule has 0 bridgehead atoms. The number of hydrogen-bond donors (Lipinski definition) is 0. The molecule has 0 spiro atoms. The molecule has 58 heavy (non-hydrogen) atoms. The Hall–Kier alpha value is -3.41. The van der Waals surface area contributed by atoms with Gasteiger partial charge in [-0.3, -0.25) is 14.4 Å². The first-order valence-electron chi connectivity index (χ1n) is 23.6. The molecule has 0 aromatic rings. The SMILES string of the molecule is CC/C=C\C/C=C\C/C=C\C/C=C\CCCCC(=O)OC[C@@H](COC(=O)CCCCCCCCCCCC)OC(=O)CCCC/C=C\C/C=C\C/C=C\CCCCC. The molecular formula is C52H86O6. The lowest BCUT2D eigenvalue weighted by atomic mass is 10.1. The van der Waals surface area contributed by atoms with Crippen LogP contribution in [-0.4, -0.2) is 37.2 Å². The molecule has 0 aliphatic rings. The van der Waals surface area contributed by atoms with Gasteiger partial charge in [0.05, 0.1) is 0 Å². The molecule has 0 aliphatic carbocycles. The highest BCUT2D eigenvalue weighted by Gasteiger charge is 2.19. The van der Waals surface area contributed by atoms with E-state index in [1.54, 1.807) is 0 Å². The predicted molar refractivity (Wildman–Crippen MR) is 247 cm³/mol. The zero-order valence-corrected chi connectivity index (χ0v) is 37.5.